The first-order chi connectivity index (χ1) is 13.1. The molecule has 0 saturated heterocycles. The van der Waals surface area contributed by atoms with Gasteiger partial charge in [0.15, 0.2) is 0 Å². The maximum atomic E-state index is 12.5. The monoisotopic (exact) mass is 364 g/mol. The molecule has 0 N–H and O–H groups in total. The maximum absolute atomic E-state index is 12.5. The Labute approximate surface area is 159 Å². The Morgan fingerprint density at radius 1 is 0.852 bits per heavy atom. The Balaban J connectivity index is 1.74. The van der Waals surface area contributed by atoms with Crippen LogP contribution in [0.5, 0.6) is 0 Å². The molecule has 0 radical (unpaired) electrons. The summed E-state index contributed by atoms with van der Waals surface area (Å²) < 4.78 is 0. The van der Waals surface area contributed by atoms with Crippen LogP contribution in [0.2, 0.25) is 0 Å². The zero-order valence-corrected chi connectivity index (χ0v) is 15.8. The first-order valence-corrected chi connectivity index (χ1v) is 9.41. The minimum atomic E-state index is -0.309. The Bertz CT molecular complexity index is 817. The lowest BCUT2D eigenvalue weighted by molar-refractivity contribution is -0.130. The molecule has 0 bridgehead atoms. The fourth-order valence-electron chi connectivity index (χ4n) is 3.37. The van der Waals surface area contributed by atoms with E-state index in [0.29, 0.717) is 23.2 Å². The molecule has 1 aliphatic rings. The van der Waals surface area contributed by atoms with Crippen molar-refractivity contribution in [2.45, 2.75) is 33.1 Å². The third kappa shape index (κ3) is 3.77. The lowest BCUT2D eigenvalue weighted by Crippen LogP contribution is -2.33. The van der Waals surface area contributed by atoms with Crippen LogP contribution in [-0.2, 0) is 11.2 Å². The molecular weight excluding hydrogens is 340 g/mol. The smallest absolute Gasteiger partial charge is 0.266 e. The standard InChI is InChI=1S/C22H24N2O3/c1-3-13-23(14-4-2)20(25)15-16-9-11-17(12-10-16)24-21(26)18-7-5-6-8-19(18)22(24)27/h5-12H,3-4,13-15H2,1-2H3. The van der Waals surface area contributed by atoms with E-state index in [-0.39, 0.29) is 17.7 Å². The zero-order valence-electron chi connectivity index (χ0n) is 15.8. The van der Waals surface area contributed by atoms with E-state index in [1.807, 2.05) is 17.0 Å². The normalized spacial score (nSPS) is 13.0. The number of nitrogens with zero attached hydrogens (tertiary/aromatic N) is 2. The highest BCUT2D eigenvalue weighted by Crippen LogP contribution is 2.28. The average molecular weight is 364 g/mol. The highest BCUT2D eigenvalue weighted by molar-refractivity contribution is 6.34. The Kier molecular flexibility index (Phi) is 5.69. The van der Waals surface area contributed by atoms with Crippen molar-refractivity contribution in [3.8, 4) is 0 Å². The van der Waals surface area contributed by atoms with Gasteiger partial charge in [-0.1, -0.05) is 38.1 Å². The van der Waals surface area contributed by atoms with Crippen molar-refractivity contribution < 1.29 is 14.4 Å². The molecule has 5 nitrogen and oxygen atoms in total. The van der Waals surface area contributed by atoms with Crippen molar-refractivity contribution in [2.75, 3.05) is 18.0 Å². The third-order valence-corrected chi connectivity index (χ3v) is 4.68. The molecule has 0 atom stereocenters. The van der Waals surface area contributed by atoms with Crippen LogP contribution in [0.4, 0.5) is 5.69 Å². The molecule has 2 aromatic rings. The first-order valence-electron chi connectivity index (χ1n) is 9.41. The topological polar surface area (TPSA) is 57.7 Å². The summed E-state index contributed by atoms with van der Waals surface area (Å²) in [5, 5.41) is 0. The van der Waals surface area contributed by atoms with Gasteiger partial charge in [0.25, 0.3) is 11.8 Å². The van der Waals surface area contributed by atoms with Crippen molar-refractivity contribution in [2.24, 2.45) is 0 Å². The van der Waals surface area contributed by atoms with Crippen LogP contribution < -0.4 is 4.90 Å². The van der Waals surface area contributed by atoms with E-state index < -0.39 is 0 Å². The zero-order chi connectivity index (χ0) is 19.4. The van der Waals surface area contributed by atoms with Crippen molar-refractivity contribution in [3.05, 3.63) is 65.2 Å². The summed E-state index contributed by atoms with van der Waals surface area (Å²) in [6, 6.07) is 13.9. The number of hydrogen-bond donors (Lipinski definition) is 0. The number of carbonyl (C=O) groups excluding carboxylic acids is 3. The van der Waals surface area contributed by atoms with Crippen molar-refractivity contribution in [1.29, 1.82) is 0 Å². The van der Waals surface area contributed by atoms with E-state index in [1.54, 1.807) is 36.4 Å². The second-order valence-electron chi connectivity index (χ2n) is 6.72. The number of anilines is 1. The van der Waals surface area contributed by atoms with Gasteiger partial charge >= 0.3 is 0 Å². The van der Waals surface area contributed by atoms with Crippen LogP contribution in [0.1, 0.15) is 53.0 Å². The van der Waals surface area contributed by atoms with Gasteiger partial charge in [-0.3, -0.25) is 14.4 Å². The number of benzene rings is 2. The second kappa shape index (κ2) is 8.16. The number of imide groups is 1. The lowest BCUT2D eigenvalue weighted by Gasteiger charge is -2.21. The highest BCUT2D eigenvalue weighted by atomic mass is 16.2. The minimum absolute atomic E-state index is 0.104. The molecule has 0 unspecified atom stereocenters. The second-order valence-corrected chi connectivity index (χ2v) is 6.72. The van der Waals surface area contributed by atoms with E-state index in [2.05, 4.69) is 13.8 Å². The molecule has 5 heteroatoms. The maximum Gasteiger partial charge on any atom is 0.266 e. The number of rotatable bonds is 7. The fraction of sp³-hybridized carbons (Fsp3) is 0.318. The predicted octanol–water partition coefficient (Wildman–Crippen LogP) is 3.68. The lowest BCUT2D eigenvalue weighted by atomic mass is 10.1. The van der Waals surface area contributed by atoms with E-state index in [1.165, 1.54) is 4.90 Å². The van der Waals surface area contributed by atoms with Gasteiger partial charge in [-0.15, -0.1) is 0 Å². The summed E-state index contributed by atoms with van der Waals surface area (Å²) in [7, 11) is 0. The molecule has 3 amide bonds. The summed E-state index contributed by atoms with van der Waals surface area (Å²) in [6.45, 7) is 5.65. The van der Waals surface area contributed by atoms with Gasteiger partial charge in [0.05, 0.1) is 23.2 Å². The first kappa shape index (κ1) is 18.8. The molecule has 1 heterocycles. The predicted molar refractivity (Wildman–Crippen MR) is 105 cm³/mol. The summed E-state index contributed by atoms with van der Waals surface area (Å²) in [5.41, 5.74) is 2.25. The van der Waals surface area contributed by atoms with Gasteiger partial charge in [0, 0.05) is 13.1 Å². The molecule has 0 saturated carbocycles. The van der Waals surface area contributed by atoms with Crippen LogP contribution in [0.15, 0.2) is 48.5 Å². The van der Waals surface area contributed by atoms with Gasteiger partial charge in [-0.2, -0.15) is 0 Å². The van der Waals surface area contributed by atoms with Gasteiger partial charge in [-0.05, 0) is 42.7 Å². The summed E-state index contributed by atoms with van der Waals surface area (Å²) in [6.07, 6.45) is 2.19. The molecule has 0 fully saturated rings. The van der Waals surface area contributed by atoms with Gasteiger partial charge in [0.2, 0.25) is 5.91 Å². The van der Waals surface area contributed by atoms with Crippen molar-refractivity contribution in [1.82, 2.24) is 4.90 Å². The highest BCUT2D eigenvalue weighted by Gasteiger charge is 2.36. The van der Waals surface area contributed by atoms with Gasteiger partial charge in [0.1, 0.15) is 0 Å². The van der Waals surface area contributed by atoms with Crippen LogP contribution in [0.25, 0.3) is 0 Å². The molecule has 0 aliphatic carbocycles. The van der Waals surface area contributed by atoms with E-state index >= 15 is 0 Å². The van der Waals surface area contributed by atoms with E-state index in [0.717, 1.165) is 31.5 Å². The minimum Gasteiger partial charge on any atom is -0.342 e. The Hall–Kier alpha value is -2.95. The number of fused-ring (bicyclic) bond motifs is 1. The number of hydrogen-bond acceptors (Lipinski definition) is 3. The van der Waals surface area contributed by atoms with Crippen molar-refractivity contribution >= 4 is 23.4 Å². The van der Waals surface area contributed by atoms with Crippen LogP contribution in [0.3, 0.4) is 0 Å². The molecular formula is C22H24N2O3. The molecule has 140 valence electrons. The van der Waals surface area contributed by atoms with Crippen LogP contribution >= 0.6 is 0 Å². The number of carbonyl (C=O) groups is 3. The van der Waals surface area contributed by atoms with E-state index in [4.69, 9.17) is 0 Å². The SMILES string of the molecule is CCCN(CCC)C(=O)Cc1ccc(N2C(=O)c3ccccc3C2=O)cc1. The largest absolute Gasteiger partial charge is 0.342 e. The summed E-state index contributed by atoms with van der Waals surface area (Å²) in [4.78, 5) is 40.7. The Morgan fingerprint density at radius 3 is 1.85 bits per heavy atom. The molecule has 2 aromatic carbocycles. The molecule has 27 heavy (non-hydrogen) atoms. The van der Waals surface area contributed by atoms with E-state index in [9.17, 15) is 14.4 Å². The van der Waals surface area contributed by atoms with Crippen LogP contribution in [-0.4, -0.2) is 35.7 Å². The molecule has 0 aromatic heterocycles. The Morgan fingerprint density at radius 2 is 1.37 bits per heavy atom. The molecule has 1 aliphatic heterocycles. The summed E-state index contributed by atoms with van der Waals surface area (Å²) in [5.74, 6) is -0.514. The third-order valence-electron chi connectivity index (χ3n) is 4.68. The van der Waals surface area contributed by atoms with Gasteiger partial charge < -0.3 is 4.90 Å². The van der Waals surface area contributed by atoms with Gasteiger partial charge in [-0.25, -0.2) is 4.90 Å². The summed E-state index contributed by atoms with van der Waals surface area (Å²) >= 11 is 0. The average Bonchev–Trinajstić information content (AvgIpc) is 2.93. The number of amides is 3. The quantitative estimate of drug-likeness (QED) is 0.704. The van der Waals surface area contributed by atoms with Crippen LogP contribution in [0, 0.1) is 0 Å². The molecule has 3 rings (SSSR count). The fourth-order valence-corrected chi connectivity index (χ4v) is 3.37. The van der Waals surface area contributed by atoms with Crippen molar-refractivity contribution in [3.63, 3.8) is 0 Å². The molecule has 0 spiro atoms.